The van der Waals surface area contributed by atoms with Crippen LogP contribution in [0.3, 0.4) is 0 Å². The number of hydrogen-bond donors (Lipinski definition) is 3. The normalized spacial score (nSPS) is 26.3. The van der Waals surface area contributed by atoms with Crippen molar-refractivity contribution in [3.8, 4) is 0 Å². The third-order valence-corrected chi connectivity index (χ3v) is 8.04. The quantitative estimate of drug-likeness (QED) is 0.521. The van der Waals surface area contributed by atoms with Crippen molar-refractivity contribution in [1.82, 2.24) is 25.8 Å². The van der Waals surface area contributed by atoms with Gasteiger partial charge < -0.3 is 10.2 Å². The highest BCUT2D eigenvalue weighted by molar-refractivity contribution is 5.25. The highest BCUT2D eigenvalue weighted by atomic mass is 15.3. The fourth-order valence-corrected chi connectivity index (χ4v) is 5.57. The average Bonchev–Trinajstić information content (AvgIpc) is 2.87. The van der Waals surface area contributed by atoms with Gasteiger partial charge in [0.1, 0.15) is 0 Å². The molecule has 0 spiro atoms. The molecule has 2 aromatic rings. The van der Waals surface area contributed by atoms with Gasteiger partial charge >= 0.3 is 0 Å². The van der Waals surface area contributed by atoms with Crippen LogP contribution < -0.4 is 16.0 Å². The Balaban J connectivity index is 1.33. The molecule has 4 unspecified atom stereocenters. The predicted molar refractivity (Wildman–Crippen MR) is 143 cm³/mol. The van der Waals surface area contributed by atoms with Crippen LogP contribution in [0.15, 0.2) is 54.6 Å². The highest BCUT2D eigenvalue weighted by Gasteiger charge is 2.32. The first-order valence-corrected chi connectivity index (χ1v) is 13.3. The third-order valence-electron chi connectivity index (χ3n) is 8.04. The van der Waals surface area contributed by atoms with Crippen LogP contribution in [0.4, 0.5) is 0 Å². The molecular formula is C29H45N5. The van der Waals surface area contributed by atoms with Crippen molar-refractivity contribution in [2.45, 2.75) is 64.8 Å². The molecule has 0 bridgehead atoms. The van der Waals surface area contributed by atoms with Crippen molar-refractivity contribution in [3.05, 3.63) is 71.3 Å². The maximum Gasteiger partial charge on any atom is 0.0630 e. The van der Waals surface area contributed by atoms with Crippen LogP contribution in [0.2, 0.25) is 0 Å². The molecule has 2 aliphatic rings. The van der Waals surface area contributed by atoms with E-state index in [2.05, 4.69) is 108 Å². The lowest BCUT2D eigenvalue weighted by molar-refractivity contribution is 0.132. The number of likely N-dealkylation sites (N-methyl/N-ethyl adjacent to an activating group) is 1. The highest BCUT2D eigenvalue weighted by Crippen LogP contribution is 2.29. The summed E-state index contributed by atoms with van der Waals surface area (Å²) in [7, 11) is 0. The molecule has 3 N–H and O–H groups in total. The minimum atomic E-state index is 0.301. The molecule has 2 aromatic carbocycles. The number of nitrogens with one attached hydrogen (secondary N) is 3. The van der Waals surface area contributed by atoms with E-state index in [-0.39, 0.29) is 0 Å². The summed E-state index contributed by atoms with van der Waals surface area (Å²) in [5.41, 5.74) is 4.23. The van der Waals surface area contributed by atoms with E-state index in [0.29, 0.717) is 30.1 Å². The molecule has 0 saturated carbocycles. The molecule has 2 heterocycles. The van der Waals surface area contributed by atoms with Gasteiger partial charge in [-0.25, -0.2) is 0 Å². The van der Waals surface area contributed by atoms with Gasteiger partial charge in [-0.05, 0) is 49.4 Å². The molecule has 2 aliphatic heterocycles. The molecule has 5 nitrogen and oxygen atoms in total. The Morgan fingerprint density at radius 3 is 2.24 bits per heavy atom. The summed E-state index contributed by atoms with van der Waals surface area (Å²) >= 11 is 0. The average molecular weight is 464 g/mol. The molecule has 186 valence electrons. The largest absolute Gasteiger partial charge is 0.302 e. The van der Waals surface area contributed by atoms with Gasteiger partial charge in [-0.15, -0.1) is 0 Å². The van der Waals surface area contributed by atoms with E-state index >= 15 is 0 Å². The van der Waals surface area contributed by atoms with Crippen molar-refractivity contribution in [1.29, 1.82) is 0 Å². The summed E-state index contributed by atoms with van der Waals surface area (Å²) in [6, 6.07) is 21.0. The van der Waals surface area contributed by atoms with Crippen LogP contribution >= 0.6 is 0 Å². The number of piperazine rings is 1. The number of hydrogen-bond acceptors (Lipinski definition) is 5. The standard InChI is InChI=1S/C29H45N5/c1-5-33-15-17-34(18-16-33)20-25-11-13-26(14-12-25)22(2)19-28-24(4)30-21-31-29(28)32-23(3)27-9-7-6-8-10-27/h6-14,22-24,28-32H,5,15-21H2,1-4H3/t22?,23-,24?,28?,29?/m1/s1. The van der Waals surface area contributed by atoms with Crippen LogP contribution in [0.1, 0.15) is 62.8 Å². The van der Waals surface area contributed by atoms with Crippen molar-refractivity contribution < 1.29 is 0 Å². The van der Waals surface area contributed by atoms with Crippen molar-refractivity contribution in [2.24, 2.45) is 5.92 Å². The minimum Gasteiger partial charge on any atom is -0.302 e. The molecule has 0 amide bonds. The van der Waals surface area contributed by atoms with E-state index in [0.717, 1.165) is 19.6 Å². The minimum absolute atomic E-state index is 0.301. The molecule has 2 saturated heterocycles. The second-order valence-corrected chi connectivity index (χ2v) is 10.4. The number of benzene rings is 2. The van der Waals surface area contributed by atoms with Gasteiger partial charge in [0, 0.05) is 57.4 Å². The molecule has 5 heteroatoms. The fourth-order valence-electron chi connectivity index (χ4n) is 5.57. The first-order chi connectivity index (χ1) is 16.5. The van der Waals surface area contributed by atoms with Crippen molar-refractivity contribution >= 4 is 0 Å². The lowest BCUT2D eigenvalue weighted by Crippen LogP contribution is -2.62. The predicted octanol–water partition coefficient (Wildman–Crippen LogP) is 4.15. The summed E-state index contributed by atoms with van der Waals surface area (Å²) in [6.45, 7) is 17.1. The second-order valence-electron chi connectivity index (χ2n) is 10.4. The Morgan fingerprint density at radius 2 is 1.56 bits per heavy atom. The van der Waals surface area contributed by atoms with E-state index < -0.39 is 0 Å². The Bertz CT molecular complexity index is 847. The van der Waals surface area contributed by atoms with Gasteiger partial charge in [0.15, 0.2) is 0 Å². The molecule has 0 radical (unpaired) electrons. The molecule has 0 aliphatic carbocycles. The third kappa shape index (κ3) is 6.67. The Hall–Kier alpha value is -1.76. The molecule has 34 heavy (non-hydrogen) atoms. The fraction of sp³-hybridized carbons (Fsp3) is 0.586. The van der Waals surface area contributed by atoms with Gasteiger partial charge in [-0.2, -0.15) is 0 Å². The van der Waals surface area contributed by atoms with Gasteiger partial charge in [0.2, 0.25) is 0 Å². The molecule has 2 fully saturated rings. The first-order valence-electron chi connectivity index (χ1n) is 13.3. The SMILES string of the molecule is CCN1CCN(Cc2ccc(C(C)CC3C(C)NCNC3N[C@H](C)c3ccccc3)cc2)CC1. The Labute approximate surface area is 207 Å². The zero-order valence-electron chi connectivity index (χ0n) is 21.6. The van der Waals surface area contributed by atoms with Crippen LogP contribution in [-0.2, 0) is 6.54 Å². The summed E-state index contributed by atoms with van der Waals surface area (Å²) < 4.78 is 0. The van der Waals surface area contributed by atoms with Gasteiger partial charge in [0.05, 0.1) is 6.17 Å². The van der Waals surface area contributed by atoms with Crippen molar-refractivity contribution in [3.63, 3.8) is 0 Å². The molecule has 4 rings (SSSR count). The molecule has 0 aromatic heterocycles. The van der Waals surface area contributed by atoms with E-state index in [1.54, 1.807) is 0 Å². The lowest BCUT2D eigenvalue weighted by atomic mass is 9.83. The molecular weight excluding hydrogens is 418 g/mol. The van der Waals surface area contributed by atoms with E-state index in [1.807, 2.05) is 0 Å². The summed E-state index contributed by atoms with van der Waals surface area (Å²) in [5.74, 6) is 1.04. The van der Waals surface area contributed by atoms with Crippen LogP contribution in [0.5, 0.6) is 0 Å². The topological polar surface area (TPSA) is 42.6 Å². The Kier molecular flexibility index (Phi) is 9.15. The summed E-state index contributed by atoms with van der Waals surface area (Å²) in [4.78, 5) is 5.13. The first kappa shape index (κ1) is 25.3. The smallest absolute Gasteiger partial charge is 0.0630 e. The summed E-state index contributed by atoms with van der Waals surface area (Å²) in [6.07, 6.45) is 1.45. The maximum atomic E-state index is 3.87. The van der Waals surface area contributed by atoms with Crippen LogP contribution in [0.25, 0.3) is 0 Å². The van der Waals surface area contributed by atoms with Gasteiger partial charge in [-0.3, -0.25) is 15.5 Å². The van der Waals surface area contributed by atoms with E-state index in [1.165, 1.54) is 49.4 Å². The van der Waals surface area contributed by atoms with Crippen LogP contribution in [0, 0.1) is 5.92 Å². The maximum absolute atomic E-state index is 3.87. The van der Waals surface area contributed by atoms with Gasteiger partial charge in [0.25, 0.3) is 0 Å². The summed E-state index contributed by atoms with van der Waals surface area (Å²) in [5, 5.41) is 11.2. The lowest BCUT2D eigenvalue weighted by Gasteiger charge is -2.41. The van der Waals surface area contributed by atoms with E-state index in [9.17, 15) is 0 Å². The molecule has 5 atom stereocenters. The number of rotatable bonds is 9. The van der Waals surface area contributed by atoms with Gasteiger partial charge in [-0.1, -0.05) is 68.4 Å². The zero-order chi connectivity index (χ0) is 23.9. The number of nitrogens with zero attached hydrogens (tertiary/aromatic N) is 2. The van der Waals surface area contributed by atoms with E-state index in [4.69, 9.17) is 0 Å². The monoisotopic (exact) mass is 463 g/mol. The van der Waals surface area contributed by atoms with Crippen molar-refractivity contribution in [2.75, 3.05) is 39.4 Å². The Morgan fingerprint density at radius 1 is 0.882 bits per heavy atom. The zero-order valence-corrected chi connectivity index (χ0v) is 21.6. The van der Waals surface area contributed by atoms with Crippen LogP contribution in [-0.4, -0.2) is 61.4 Å². The second kappa shape index (κ2) is 12.3.